The minimum atomic E-state index is -0.301. The number of hydrogen-bond donors (Lipinski definition) is 2. The fourth-order valence-electron chi connectivity index (χ4n) is 1.90. The molecule has 6 heteroatoms. The van der Waals surface area contributed by atoms with Crippen molar-refractivity contribution >= 4 is 11.6 Å². The average Bonchev–Trinajstić information content (AvgIpc) is 2.54. The highest BCUT2D eigenvalue weighted by molar-refractivity contribution is 5.92. The highest BCUT2D eigenvalue weighted by Gasteiger charge is 2.05. The van der Waals surface area contributed by atoms with Gasteiger partial charge in [-0.15, -0.1) is 0 Å². The molecule has 0 aromatic heterocycles. The molecular weight excluding hydrogens is 285 g/mol. The number of nitrogens with one attached hydrogen (secondary N) is 1. The molecule has 22 heavy (non-hydrogen) atoms. The van der Waals surface area contributed by atoms with E-state index < -0.39 is 0 Å². The fourth-order valence-corrected chi connectivity index (χ4v) is 1.90. The lowest BCUT2D eigenvalue weighted by molar-refractivity contribution is 0.355. The van der Waals surface area contributed by atoms with Crippen LogP contribution in [0.25, 0.3) is 0 Å². The average molecular weight is 303 g/mol. The number of hydrogen-bond acceptors (Lipinski definition) is 3. The van der Waals surface area contributed by atoms with E-state index in [2.05, 4.69) is 10.3 Å². The Bertz CT molecular complexity index is 674. The predicted octanol–water partition coefficient (Wildman–Crippen LogP) is 2.77. The zero-order valence-corrected chi connectivity index (χ0v) is 12.5. The maximum absolute atomic E-state index is 13.5. The van der Waals surface area contributed by atoms with Gasteiger partial charge in [0.05, 0.1) is 20.8 Å². The van der Waals surface area contributed by atoms with E-state index in [4.69, 9.17) is 15.2 Å². The van der Waals surface area contributed by atoms with Gasteiger partial charge in [0.25, 0.3) is 0 Å². The van der Waals surface area contributed by atoms with Gasteiger partial charge in [0.2, 0.25) is 0 Å². The molecule has 5 nitrogen and oxygen atoms in total. The minimum Gasteiger partial charge on any atom is -0.493 e. The molecule has 3 N–H and O–H groups in total. The summed E-state index contributed by atoms with van der Waals surface area (Å²) in [6.45, 7) is 0.165. The molecule has 0 aliphatic heterocycles. The van der Waals surface area contributed by atoms with Crippen LogP contribution in [0.1, 0.15) is 5.56 Å². The van der Waals surface area contributed by atoms with Crippen molar-refractivity contribution in [3.8, 4) is 11.5 Å². The topological polar surface area (TPSA) is 68.9 Å². The Labute approximate surface area is 128 Å². The zero-order chi connectivity index (χ0) is 15.9. The summed E-state index contributed by atoms with van der Waals surface area (Å²) in [5.41, 5.74) is 7.00. The highest BCUT2D eigenvalue weighted by Crippen LogP contribution is 2.29. The number of methoxy groups -OCH3 is 2. The van der Waals surface area contributed by atoms with Gasteiger partial charge >= 0.3 is 0 Å². The van der Waals surface area contributed by atoms with E-state index in [1.54, 1.807) is 50.6 Å². The second-order valence-electron chi connectivity index (χ2n) is 4.49. The molecule has 0 aliphatic rings. The third-order valence-corrected chi connectivity index (χ3v) is 3.03. The van der Waals surface area contributed by atoms with Gasteiger partial charge in [-0.1, -0.05) is 18.2 Å². The number of nitrogens with zero attached hydrogens (tertiary/aromatic N) is 1. The quantitative estimate of drug-likeness (QED) is 0.658. The van der Waals surface area contributed by atoms with Gasteiger partial charge < -0.3 is 20.5 Å². The monoisotopic (exact) mass is 303 g/mol. The molecular formula is C16H18FN3O2. The summed E-state index contributed by atoms with van der Waals surface area (Å²) in [6.07, 6.45) is 0. The molecule has 0 saturated carbocycles. The number of rotatable bonds is 5. The Kier molecular flexibility index (Phi) is 5.19. The van der Waals surface area contributed by atoms with Gasteiger partial charge in [0, 0.05) is 17.3 Å². The largest absolute Gasteiger partial charge is 0.493 e. The molecule has 0 bridgehead atoms. The number of anilines is 1. The summed E-state index contributed by atoms with van der Waals surface area (Å²) < 4.78 is 23.9. The second-order valence-corrected chi connectivity index (χ2v) is 4.49. The lowest BCUT2D eigenvalue weighted by Crippen LogP contribution is -2.22. The number of benzene rings is 2. The molecule has 0 heterocycles. The maximum atomic E-state index is 13.5. The molecule has 0 radical (unpaired) electrons. The molecule has 2 aromatic rings. The molecule has 0 amide bonds. The van der Waals surface area contributed by atoms with E-state index in [0.29, 0.717) is 22.7 Å². The Morgan fingerprint density at radius 1 is 1.14 bits per heavy atom. The van der Waals surface area contributed by atoms with Crippen molar-refractivity contribution in [3.05, 3.63) is 53.8 Å². The Morgan fingerprint density at radius 3 is 2.55 bits per heavy atom. The van der Waals surface area contributed by atoms with Gasteiger partial charge in [-0.3, -0.25) is 0 Å². The van der Waals surface area contributed by atoms with Crippen LogP contribution in [0.2, 0.25) is 0 Å². The van der Waals surface area contributed by atoms with Crippen molar-refractivity contribution in [3.63, 3.8) is 0 Å². The van der Waals surface area contributed by atoms with Gasteiger partial charge in [0.1, 0.15) is 5.82 Å². The van der Waals surface area contributed by atoms with Crippen molar-refractivity contribution in [1.29, 1.82) is 0 Å². The number of ether oxygens (including phenoxy) is 2. The third-order valence-electron chi connectivity index (χ3n) is 3.03. The first-order valence-electron chi connectivity index (χ1n) is 6.66. The number of nitrogens with two attached hydrogens (primary N) is 1. The van der Waals surface area contributed by atoms with E-state index in [1.807, 2.05) is 0 Å². The van der Waals surface area contributed by atoms with Gasteiger partial charge in [-0.05, 0) is 18.2 Å². The molecule has 0 fully saturated rings. The van der Waals surface area contributed by atoms with Crippen LogP contribution in [0.15, 0.2) is 47.5 Å². The van der Waals surface area contributed by atoms with Crippen LogP contribution < -0.4 is 20.5 Å². The highest BCUT2D eigenvalue weighted by atomic mass is 19.1. The predicted molar refractivity (Wildman–Crippen MR) is 84.9 cm³/mol. The van der Waals surface area contributed by atoms with Crippen LogP contribution in [-0.4, -0.2) is 20.2 Å². The van der Waals surface area contributed by atoms with Crippen molar-refractivity contribution < 1.29 is 13.9 Å². The second kappa shape index (κ2) is 7.31. The van der Waals surface area contributed by atoms with Crippen LogP contribution in [0.3, 0.4) is 0 Å². The molecule has 0 atom stereocenters. The summed E-state index contributed by atoms with van der Waals surface area (Å²) in [5.74, 6) is 1.09. The summed E-state index contributed by atoms with van der Waals surface area (Å²) in [5, 5.41) is 2.93. The van der Waals surface area contributed by atoms with Gasteiger partial charge in [0.15, 0.2) is 17.5 Å². The zero-order valence-electron chi connectivity index (χ0n) is 12.5. The number of halogens is 1. The molecule has 2 aromatic carbocycles. The Hall–Kier alpha value is -2.76. The Balaban J connectivity index is 2.07. The van der Waals surface area contributed by atoms with Crippen LogP contribution in [0, 0.1) is 5.82 Å². The van der Waals surface area contributed by atoms with Crippen molar-refractivity contribution in [1.82, 2.24) is 0 Å². The molecule has 2 rings (SSSR count). The van der Waals surface area contributed by atoms with Crippen LogP contribution >= 0.6 is 0 Å². The molecule has 0 unspecified atom stereocenters. The van der Waals surface area contributed by atoms with E-state index in [9.17, 15) is 4.39 Å². The Morgan fingerprint density at radius 2 is 1.86 bits per heavy atom. The SMILES string of the molecule is COc1ccc(NC(N)=NCc2ccccc2F)cc1OC. The summed E-state index contributed by atoms with van der Waals surface area (Å²) in [6, 6.07) is 11.7. The van der Waals surface area contributed by atoms with Gasteiger partial charge in [-0.2, -0.15) is 0 Å². The summed E-state index contributed by atoms with van der Waals surface area (Å²) in [4.78, 5) is 4.12. The lowest BCUT2D eigenvalue weighted by Gasteiger charge is -2.11. The van der Waals surface area contributed by atoms with E-state index in [0.717, 1.165) is 0 Å². The first kappa shape index (κ1) is 15.6. The summed E-state index contributed by atoms with van der Waals surface area (Å²) in [7, 11) is 3.12. The fraction of sp³-hybridized carbons (Fsp3) is 0.188. The smallest absolute Gasteiger partial charge is 0.193 e. The van der Waals surface area contributed by atoms with Crippen molar-refractivity contribution in [2.45, 2.75) is 6.54 Å². The minimum absolute atomic E-state index is 0.165. The third kappa shape index (κ3) is 3.88. The molecule has 116 valence electrons. The van der Waals surface area contributed by atoms with E-state index in [1.165, 1.54) is 6.07 Å². The standard InChI is InChI=1S/C16H18FN3O2/c1-21-14-8-7-12(9-15(14)22-2)20-16(18)19-10-11-5-3-4-6-13(11)17/h3-9H,10H2,1-2H3,(H3,18,19,20). The summed E-state index contributed by atoms with van der Waals surface area (Å²) >= 11 is 0. The van der Waals surface area contributed by atoms with E-state index >= 15 is 0 Å². The van der Waals surface area contributed by atoms with Crippen LogP contribution in [-0.2, 0) is 6.54 Å². The lowest BCUT2D eigenvalue weighted by atomic mass is 10.2. The van der Waals surface area contributed by atoms with Crippen LogP contribution in [0.5, 0.6) is 11.5 Å². The molecule has 0 aliphatic carbocycles. The molecule has 0 saturated heterocycles. The van der Waals surface area contributed by atoms with Gasteiger partial charge in [-0.25, -0.2) is 9.38 Å². The maximum Gasteiger partial charge on any atom is 0.193 e. The normalized spacial score (nSPS) is 11.1. The first-order valence-corrected chi connectivity index (χ1v) is 6.66. The first-order chi connectivity index (χ1) is 10.6. The number of guanidine groups is 1. The van der Waals surface area contributed by atoms with Crippen molar-refractivity contribution in [2.24, 2.45) is 10.7 Å². The number of aliphatic imine (C=N–C) groups is 1. The van der Waals surface area contributed by atoms with Crippen molar-refractivity contribution in [2.75, 3.05) is 19.5 Å². The van der Waals surface area contributed by atoms with Crippen LogP contribution in [0.4, 0.5) is 10.1 Å². The van der Waals surface area contributed by atoms with E-state index in [-0.39, 0.29) is 18.3 Å². The molecule has 0 spiro atoms.